The Kier molecular flexibility index (Phi) is 3.92. The van der Waals surface area contributed by atoms with E-state index in [1.807, 2.05) is 23.7 Å². The largest absolute Gasteiger partial charge is 0.338 e. The van der Waals surface area contributed by atoms with Crippen LogP contribution in [0.15, 0.2) is 29.9 Å². The van der Waals surface area contributed by atoms with Crippen LogP contribution in [0, 0.1) is 0 Å². The molecule has 0 aliphatic heterocycles. The Labute approximate surface area is 121 Å². The fourth-order valence-corrected chi connectivity index (χ4v) is 2.66. The quantitative estimate of drug-likeness (QED) is 0.886. The molecule has 20 heavy (non-hydrogen) atoms. The predicted molar refractivity (Wildman–Crippen MR) is 78.6 cm³/mol. The lowest BCUT2D eigenvalue weighted by atomic mass is 10.3. The molecule has 1 aliphatic carbocycles. The monoisotopic (exact) mass is 288 g/mol. The van der Waals surface area contributed by atoms with Gasteiger partial charge >= 0.3 is 6.03 Å². The third-order valence-electron chi connectivity index (χ3n) is 3.04. The van der Waals surface area contributed by atoms with Crippen LogP contribution in [0.4, 0.5) is 4.79 Å². The third kappa shape index (κ3) is 3.54. The molecule has 1 fully saturated rings. The molecule has 6 heteroatoms. The highest BCUT2D eigenvalue weighted by Gasteiger charge is 2.22. The molecule has 2 aromatic rings. The Morgan fingerprint density at radius 1 is 1.45 bits per heavy atom. The molecule has 2 amide bonds. The smallest absolute Gasteiger partial charge is 0.315 e. The first-order valence-electron chi connectivity index (χ1n) is 6.70. The van der Waals surface area contributed by atoms with Gasteiger partial charge in [-0.05, 0) is 25.0 Å². The molecule has 0 saturated heterocycles. The minimum absolute atomic E-state index is 0.0739. The Balaban J connectivity index is 1.48. The van der Waals surface area contributed by atoms with Gasteiger partial charge in [-0.2, -0.15) is 0 Å². The molecule has 5 nitrogen and oxygen atoms in total. The number of nitrogens with zero attached hydrogens (tertiary/aromatic N) is 2. The maximum Gasteiger partial charge on any atom is 0.315 e. The van der Waals surface area contributed by atoms with Crippen LogP contribution in [-0.4, -0.2) is 28.6 Å². The van der Waals surface area contributed by atoms with Gasteiger partial charge in [0.2, 0.25) is 0 Å². The highest BCUT2D eigenvalue weighted by atomic mass is 32.1. The zero-order chi connectivity index (χ0) is 13.8. The second-order valence-electron chi connectivity index (χ2n) is 4.81. The Hall–Kier alpha value is -1.95. The van der Waals surface area contributed by atoms with E-state index in [-0.39, 0.29) is 6.03 Å². The SMILES string of the molecule is O=C(NCCc1csc(-c2cccnc2)n1)NC1CC1. The van der Waals surface area contributed by atoms with Gasteiger partial charge in [0.1, 0.15) is 5.01 Å². The number of pyridine rings is 1. The summed E-state index contributed by atoms with van der Waals surface area (Å²) >= 11 is 1.60. The maximum atomic E-state index is 11.5. The van der Waals surface area contributed by atoms with E-state index in [0.717, 1.165) is 35.5 Å². The standard InChI is InChI=1S/C14H16N4OS/c19-14(18-11-3-4-11)16-7-5-12-9-20-13(17-12)10-2-1-6-15-8-10/h1-2,6,8-9,11H,3-5,7H2,(H2,16,18,19). The van der Waals surface area contributed by atoms with E-state index in [9.17, 15) is 4.79 Å². The summed E-state index contributed by atoms with van der Waals surface area (Å²) in [7, 11) is 0. The van der Waals surface area contributed by atoms with Gasteiger partial charge in [0.15, 0.2) is 0 Å². The van der Waals surface area contributed by atoms with Crippen molar-refractivity contribution in [2.24, 2.45) is 0 Å². The zero-order valence-electron chi connectivity index (χ0n) is 11.0. The van der Waals surface area contributed by atoms with Gasteiger partial charge in [0.25, 0.3) is 0 Å². The van der Waals surface area contributed by atoms with Crippen molar-refractivity contribution in [3.8, 4) is 10.6 Å². The van der Waals surface area contributed by atoms with E-state index in [2.05, 4.69) is 20.6 Å². The van der Waals surface area contributed by atoms with E-state index in [4.69, 9.17) is 0 Å². The molecule has 0 aromatic carbocycles. The summed E-state index contributed by atoms with van der Waals surface area (Å²) in [6, 6.07) is 4.22. The van der Waals surface area contributed by atoms with Gasteiger partial charge in [-0.25, -0.2) is 9.78 Å². The number of amides is 2. The van der Waals surface area contributed by atoms with Crippen LogP contribution in [0.3, 0.4) is 0 Å². The van der Waals surface area contributed by atoms with Crippen LogP contribution in [0.5, 0.6) is 0 Å². The van der Waals surface area contributed by atoms with E-state index in [1.54, 1.807) is 17.5 Å². The summed E-state index contributed by atoms with van der Waals surface area (Å²) in [6.07, 6.45) is 6.52. The lowest BCUT2D eigenvalue weighted by Gasteiger charge is -2.04. The number of carbonyl (C=O) groups is 1. The molecule has 3 rings (SSSR count). The molecule has 2 N–H and O–H groups in total. The predicted octanol–water partition coefficient (Wildman–Crippen LogP) is 2.21. The summed E-state index contributed by atoms with van der Waals surface area (Å²) in [5, 5.41) is 8.75. The molecule has 2 heterocycles. The van der Waals surface area contributed by atoms with Crippen molar-refractivity contribution in [2.45, 2.75) is 25.3 Å². The van der Waals surface area contributed by atoms with E-state index in [0.29, 0.717) is 12.6 Å². The molecule has 0 radical (unpaired) electrons. The van der Waals surface area contributed by atoms with Crippen molar-refractivity contribution in [2.75, 3.05) is 6.54 Å². The highest BCUT2D eigenvalue weighted by Crippen LogP contribution is 2.22. The first kappa shape index (κ1) is 13.1. The molecule has 0 unspecified atom stereocenters. The first-order chi connectivity index (χ1) is 9.81. The van der Waals surface area contributed by atoms with Crippen LogP contribution < -0.4 is 10.6 Å². The van der Waals surface area contributed by atoms with E-state index in [1.165, 1.54) is 0 Å². The zero-order valence-corrected chi connectivity index (χ0v) is 11.8. The summed E-state index contributed by atoms with van der Waals surface area (Å²) < 4.78 is 0. The van der Waals surface area contributed by atoms with Gasteiger partial charge in [-0.3, -0.25) is 4.98 Å². The Morgan fingerprint density at radius 2 is 2.35 bits per heavy atom. The number of nitrogens with one attached hydrogen (secondary N) is 2. The number of thiazole rings is 1. The summed E-state index contributed by atoms with van der Waals surface area (Å²) in [5.74, 6) is 0. The summed E-state index contributed by atoms with van der Waals surface area (Å²) in [5.41, 5.74) is 2.03. The first-order valence-corrected chi connectivity index (χ1v) is 7.58. The second kappa shape index (κ2) is 6.00. The topological polar surface area (TPSA) is 66.9 Å². The van der Waals surface area contributed by atoms with Crippen molar-refractivity contribution in [3.63, 3.8) is 0 Å². The van der Waals surface area contributed by atoms with E-state index < -0.39 is 0 Å². The number of rotatable bonds is 5. The van der Waals surface area contributed by atoms with Gasteiger partial charge in [0.05, 0.1) is 5.69 Å². The number of hydrogen-bond acceptors (Lipinski definition) is 4. The second-order valence-corrected chi connectivity index (χ2v) is 5.67. The maximum absolute atomic E-state index is 11.5. The third-order valence-corrected chi connectivity index (χ3v) is 3.98. The lowest BCUT2D eigenvalue weighted by Crippen LogP contribution is -2.37. The highest BCUT2D eigenvalue weighted by molar-refractivity contribution is 7.13. The number of carbonyl (C=O) groups excluding carboxylic acids is 1. The number of aromatic nitrogens is 2. The molecule has 1 aliphatic rings. The fraction of sp³-hybridized carbons (Fsp3) is 0.357. The Morgan fingerprint density at radius 3 is 3.10 bits per heavy atom. The minimum atomic E-state index is -0.0739. The molecule has 1 saturated carbocycles. The van der Waals surface area contributed by atoms with Gasteiger partial charge < -0.3 is 10.6 Å². The lowest BCUT2D eigenvalue weighted by molar-refractivity contribution is 0.240. The number of urea groups is 1. The Bertz CT molecular complexity index is 580. The van der Waals surface area contributed by atoms with Crippen LogP contribution in [0.1, 0.15) is 18.5 Å². The normalized spacial score (nSPS) is 14.0. The van der Waals surface area contributed by atoms with Crippen molar-refractivity contribution in [3.05, 3.63) is 35.6 Å². The average molecular weight is 288 g/mol. The average Bonchev–Trinajstić information content (AvgIpc) is 3.15. The molecule has 104 valence electrons. The van der Waals surface area contributed by atoms with E-state index >= 15 is 0 Å². The fourth-order valence-electron chi connectivity index (χ4n) is 1.81. The molecule has 0 atom stereocenters. The van der Waals surface area contributed by atoms with Crippen LogP contribution in [0.2, 0.25) is 0 Å². The van der Waals surface area contributed by atoms with Crippen molar-refractivity contribution in [1.82, 2.24) is 20.6 Å². The number of hydrogen-bond donors (Lipinski definition) is 2. The van der Waals surface area contributed by atoms with Crippen molar-refractivity contribution >= 4 is 17.4 Å². The summed E-state index contributed by atoms with van der Waals surface area (Å²) in [4.78, 5) is 20.1. The van der Waals surface area contributed by atoms with Crippen molar-refractivity contribution < 1.29 is 4.79 Å². The van der Waals surface area contributed by atoms with Gasteiger partial charge in [-0.15, -0.1) is 11.3 Å². The molecule has 0 bridgehead atoms. The van der Waals surface area contributed by atoms with Crippen molar-refractivity contribution in [1.29, 1.82) is 0 Å². The minimum Gasteiger partial charge on any atom is -0.338 e. The summed E-state index contributed by atoms with van der Waals surface area (Å²) in [6.45, 7) is 0.606. The molecular weight excluding hydrogens is 272 g/mol. The molecule has 2 aromatic heterocycles. The molecular formula is C14H16N4OS. The van der Waals surface area contributed by atoms with Crippen LogP contribution >= 0.6 is 11.3 Å². The van der Waals surface area contributed by atoms with Gasteiger partial charge in [0, 0.05) is 42.3 Å². The molecule has 0 spiro atoms. The van der Waals surface area contributed by atoms with Crippen LogP contribution in [-0.2, 0) is 6.42 Å². The van der Waals surface area contributed by atoms with Crippen LogP contribution in [0.25, 0.3) is 10.6 Å². The van der Waals surface area contributed by atoms with Gasteiger partial charge in [-0.1, -0.05) is 0 Å².